The SMILES string of the molecule is CC(C)C[C@H](N[C@@H](c1ccc(-c2ccc(S(C)(=O)=O)cc2)cc1)c1cc(-c2ccc(S(C)(=O)=O)cc2)cs1)C(=O)NCC#N. The molecule has 230 valence electrons. The highest BCUT2D eigenvalue weighted by Crippen LogP contribution is 2.35. The van der Waals surface area contributed by atoms with E-state index in [1.165, 1.54) is 23.8 Å². The number of hydrogen-bond donors (Lipinski definition) is 2. The second-order valence-corrected chi connectivity index (χ2v) is 16.1. The van der Waals surface area contributed by atoms with Crippen LogP contribution in [-0.2, 0) is 24.5 Å². The number of amides is 1. The Hall–Kier alpha value is -3.82. The highest BCUT2D eigenvalue weighted by Gasteiger charge is 2.26. The van der Waals surface area contributed by atoms with E-state index in [0.29, 0.717) is 6.42 Å². The first-order valence-electron chi connectivity index (χ1n) is 14.0. The van der Waals surface area contributed by atoms with E-state index < -0.39 is 25.7 Å². The van der Waals surface area contributed by atoms with Crippen LogP contribution in [0.2, 0.25) is 0 Å². The van der Waals surface area contributed by atoms with Crippen molar-refractivity contribution in [2.75, 3.05) is 19.1 Å². The van der Waals surface area contributed by atoms with Crippen molar-refractivity contribution in [1.82, 2.24) is 10.6 Å². The van der Waals surface area contributed by atoms with Gasteiger partial charge in [-0.3, -0.25) is 10.1 Å². The molecule has 4 aromatic rings. The normalized spacial score (nSPS) is 13.3. The third-order valence-electron chi connectivity index (χ3n) is 7.11. The summed E-state index contributed by atoms with van der Waals surface area (Å²) in [7, 11) is -6.60. The van der Waals surface area contributed by atoms with Crippen molar-refractivity contribution in [2.24, 2.45) is 5.92 Å². The summed E-state index contributed by atoms with van der Waals surface area (Å²) >= 11 is 1.53. The number of nitriles is 1. The van der Waals surface area contributed by atoms with Gasteiger partial charge in [0.1, 0.15) is 6.54 Å². The summed E-state index contributed by atoms with van der Waals surface area (Å²) in [6, 6.07) is 24.5. The fourth-order valence-electron chi connectivity index (χ4n) is 4.83. The van der Waals surface area contributed by atoms with E-state index in [0.717, 1.165) is 32.7 Å². The van der Waals surface area contributed by atoms with E-state index in [1.54, 1.807) is 48.5 Å². The second kappa shape index (κ2) is 13.9. The summed E-state index contributed by atoms with van der Waals surface area (Å²) in [5, 5.41) is 17.3. The Bertz CT molecular complexity index is 1860. The smallest absolute Gasteiger partial charge is 0.237 e. The second-order valence-electron chi connectivity index (χ2n) is 11.1. The van der Waals surface area contributed by atoms with Crippen LogP contribution in [0.4, 0.5) is 0 Å². The Morgan fingerprint density at radius 2 is 1.27 bits per heavy atom. The number of sulfone groups is 2. The van der Waals surface area contributed by atoms with Gasteiger partial charge in [-0.2, -0.15) is 5.26 Å². The van der Waals surface area contributed by atoms with Gasteiger partial charge in [-0.1, -0.05) is 62.4 Å². The predicted molar refractivity (Wildman–Crippen MR) is 175 cm³/mol. The molecule has 8 nitrogen and oxygen atoms in total. The van der Waals surface area contributed by atoms with Gasteiger partial charge < -0.3 is 5.32 Å². The molecule has 0 aliphatic heterocycles. The number of benzene rings is 3. The lowest BCUT2D eigenvalue weighted by atomic mass is 9.96. The first-order chi connectivity index (χ1) is 20.8. The first kappa shape index (κ1) is 33.1. The molecule has 0 bridgehead atoms. The molecule has 0 saturated carbocycles. The molecule has 1 aromatic heterocycles. The summed E-state index contributed by atoms with van der Waals surface area (Å²) in [6.45, 7) is 3.99. The molecule has 1 heterocycles. The number of nitrogens with zero attached hydrogens (tertiary/aromatic N) is 1. The van der Waals surface area contributed by atoms with Crippen molar-refractivity contribution < 1.29 is 21.6 Å². The van der Waals surface area contributed by atoms with Crippen molar-refractivity contribution in [3.05, 3.63) is 94.7 Å². The monoisotopic (exact) mass is 649 g/mol. The molecule has 0 spiro atoms. The summed E-state index contributed by atoms with van der Waals surface area (Å²) in [6.07, 6.45) is 2.92. The van der Waals surface area contributed by atoms with Crippen molar-refractivity contribution in [3.63, 3.8) is 0 Å². The Labute approximate surface area is 263 Å². The van der Waals surface area contributed by atoms with Crippen LogP contribution in [-0.4, -0.2) is 47.8 Å². The molecule has 0 radical (unpaired) electrons. The maximum atomic E-state index is 13.1. The quantitative estimate of drug-likeness (QED) is 0.190. The maximum absolute atomic E-state index is 13.1. The zero-order chi connectivity index (χ0) is 32.1. The third kappa shape index (κ3) is 8.42. The summed E-state index contributed by atoms with van der Waals surface area (Å²) in [5.41, 5.74) is 4.50. The van der Waals surface area contributed by atoms with E-state index in [-0.39, 0.29) is 34.2 Å². The lowest BCUT2D eigenvalue weighted by Crippen LogP contribution is -2.46. The lowest BCUT2D eigenvalue weighted by Gasteiger charge is -2.26. The Kier molecular flexibility index (Phi) is 10.4. The number of thiophene rings is 1. The molecular weight excluding hydrogens is 615 g/mol. The van der Waals surface area contributed by atoms with Gasteiger partial charge in [0, 0.05) is 17.4 Å². The summed E-state index contributed by atoms with van der Waals surface area (Å²) < 4.78 is 47.6. The largest absolute Gasteiger partial charge is 0.342 e. The van der Waals surface area contributed by atoms with Gasteiger partial charge in [0.25, 0.3) is 0 Å². The van der Waals surface area contributed by atoms with Crippen LogP contribution in [0.25, 0.3) is 22.3 Å². The van der Waals surface area contributed by atoms with E-state index >= 15 is 0 Å². The minimum absolute atomic E-state index is 0.0841. The van der Waals surface area contributed by atoms with Crippen molar-refractivity contribution >= 4 is 36.9 Å². The van der Waals surface area contributed by atoms with Gasteiger partial charge in [0.2, 0.25) is 5.91 Å². The number of nitrogens with one attached hydrogen (secondary N) is 2. The highest BCUT2D eigenvalue weighted by molar-refractivity contribution is 7.91. The molecule has 0 unspecified atom stereocenters. The van der Waals surface area contributed by atoms with Crippen LogP contribution < -0.4 is 10.6 Å². The molecule has 0 saturated heterocycles. The molecule has 1 amide bonds. The zero-order valence-electron chi connectivity index (χ0n) is 24.9. The minimum Gasteiger partial charge on any atom is -0.342 e. The third-order valence-corrected chi connectivity index (χ3v) is 10.4. The Morgan fingerprint density at radius 3 is 1.73 bits per heavy atom. The Morgan fingerprint density at radius 1 is 0.795 bits per heavy atom. The molecule has 3 aromatic carbocycles. The summed E-state index contributed by atoms with van der Waals surface area (Å²) in [4.78, 5) is 14.6. The number of rotatable bonds is 12. The molecule has 0 fully saturated rings. The van der Waals surface area contributed by atoms with Crippen LogP contribution in [0.15, 0.2) is 94.0 Å². The van der Waals surface area contributed by atoms with Gasteiger partial charge in [0.05, 0.1) is 27.9 Å². The predicted octanol–water partition coefficient (Wildman–Crippen LogP) is 5.62. The first-order valence-corrected chi connectivity index (χ1v) is 18.6. The number of carbonyl (C=O) groups is 1. The molecule has 0 aliphatic rings. The van der Waals surface area contributed by atoms with Gasteiger partial charge in [-0.25, -0.2) is 16.8 Å². The van der Waals surface area contributed by atoms with Crippen molar-refractivity contribution in [3.8, 4) is 28.3 Å². The van der Waals surface area contributed by atoms with Gasteiger partial charge >= 0.3 is 0 Å². The molecule has 4 rings (SSSR count). The zero-order valence-corrected chi connectivity index (χ0v) is 27.4. The van der Waals surface area contributed by atoms with Crippen LogP contribution in [0.1, 0.15) is 36.8 Å². The average Bonchev–Trinajstić information content (AvgIpc) is 3.47. The maximum Gasteiger partial charge on any atom is 0.237 e. The van der Waals surface area contributed by atoms with Crippen LogP contribution in [0.3, 0.4) is 0 Å². The van der Waals surface area contributed by atoms with Gasteiger partial charge in [-0.15, -0.1) is 11.3 Å². The van der Waals surface area contributed by atoms with Crippen LogP contribution in [0.5, 0.6) is 0 Å². The van der Waals surface area contributed by atoms with Gasteiger partial charge in [0.15, 0.2) is 19.7 Å². The minimum atomic E-state index is -3.31. The highest BCUT2D eigenvalue weighted by atomic mass is 32.2. The van der Waals surface area contributed by atoms with E-state index in [4.69, 9.17) is 5.26 Å². The molecule has 2 N–H and O–H groups in total. The molecular formula is C33H35N3O5S3. The average molecular weight is 650 g/mol. The van der Waals surface area contributed by atoms with E-state index in [1.807, 2.05) is 55.6 Å². The number of carbonyl (C=O) groups excluding carboxylic acids is 1. The van der Waals surface area contributed by atoms with Crippen LogP contribution >= 0.6 is 11.3 Å². The van der Waals surface area contributed by atoms with E-state index in [9.17, 15) is 21.6 Å². The van der Waals surface area contributed by atoms with Crippen LogP contribution in [0, 0.1) is 17.2 Å². The molecule has 44 heavy (non-hydrogen) atoms. The lowest BCUT2D eigenvalue weighted by molar-refractivity contribution is -0.123. The summed E-state index contributed by atoms with van der Waals surface area (Å²) in [5.74, 6) is -0.0356. The molecule has 11 heteroatoms. The van der Waals surface area contributed by atoms with E-state index in [2.05, 4.69) is 10.6 Å². The van der Waals surface area contributed by atoms with Crippen molar-refractivity contribution in [2.45, 2.75) is 42.1 Å². The Balaban J connectivity index is 1.70. The van der Waals surface area contributed by atoms with Gasteiger partial charge in [-0.05, 0) is 75.9 Å². The topological polar surface area (TPSA) is 133 Å². The van der Waals surface area contributed by atoms with Crippen molar-refractivity contribution in [1.29, 1.82) is 5.26 Å². The molecule has 0 aliphatic carbocycles. The standard InChI is InChI=1S/C33H35N3O5S3/c1-22(2)19-30(33(37)35-18-17-34)36-32(31-20-27(21-42-31)25-11-15-29(16-12-25)44(4,40)41)26-7-5-23(6-8-26)24-9-13-28(14-10-24)43(3,38)39/h5-16,20-22,30,32,36H,18-19H2,1-4H3,(H,35,37)/t30-,32-/m0/s1. The number of hydrogen-bond acceptors (Lipinski definition) is 8. The fourth-order valence-corrected chi connectivity index (χ4v) is 7.09. The fraction of sp³-hybridized carbons (Fsp3) is 0.273. The molecule has 2 atom stereocenters.